The molecular formula is C25H27F2N3O2S. The molecule has 0 aliphatic carbocycles. The fraction of sp³-hybridized carbons (Fsp3) is 0.360. The highest BCUT2D eigenvalue weighted by atomic mass is 32.2. The molecule has 4 rings (SSSR count). The second-order valence-corrected chi connectivity index (χ2v) is 9.16. The van der Waals surface area contributed by atoms with Crippen molar-refractivity contribution in [2.45, 2.75) is 37.1 Å². The lowest BCUT2D eigenvalue weighted by Gasteiger charge is -2.19. The van der Waals surface area contributed by atoms with Gasteiger partial charge in [-0.3, -0.25) is 9.59 Å². The van der Waals surface area contributed by atoms with E-state index in [9.17, 15) is 18.4 Å². The molecule has 2 heterocycles. The Bertz CT molecular complexity index is 1120. The summed E-state index contributed by atoms with van der Waals surface area (Å²) < 4.78 is 29.7. The van der Waals surface area contributed by atoms with E-state index in [-0.39, 0.29) is 12.5 Å². The number of carbonyl (C=O) groups excluding carboxylic acids is 2. The minimum absolute atomic E-state index is 0.165. The second-order valence-electron chi connectivity index (χ2n) is 8.14. The Hall–Kier alpha value is -2.87. The molecule has 1 aromatic heterocycles. The molecule has 0 radical (unpaired) electrons. The maximum atomic E-state index is 13.8. The molecule has 33 heavy (non-hydrogen) atoms. The van der Waals surface area contributed by atoms with Crippen LogP contribution in [0.5, 0.6) is 0 Å². The normalized spacial score (nSPS) is 14.3. The summed E-state index contributed by atoms with van der Waals surface area (Å²) in [5.74, 6) is -1.99. The summed E-state index contributed by atoms with van der Waals surface area (Å²) in [5, 5.41) is 3.63. The third-order valence-electron chi connectivity index (χ3n) is 5.89. The van der Waals surface area contributed by atoms with E-state index in [4.69, 9.17) is 0 Å². The number of likely N-dealkylation sites (tertiary alicyclic amines) is 1. The Morgan fingerprint density at radius 3 is 2.36 bits per heavy atom. The number of para-hydroxylation sites is 1. The number of fused-ring (bicyclic) bond motifs is 1. The number of benzene rings is 2. The number of halogens is 2. The van der Waals surface area contributed by atoms with Gasteiger partial charge in [-0.25, -0.2) is 8.78 Å². The van der Waals surface area contributed by atoms with Gasteiger partial charge in [-0.15, -0.1) is 11.8 Å². The smallest absolute Gasteiger partial charge is 0.257 e. The lowest BCUT2D eigenvalue weighted by molar-refractivity contribution is -0.128. The number of nitrogens with zero attached hydrogens (tertiary/aromatic N) is 2. The van der Waals surface area contributed by atoms with Gasteiger partial charge in [0.1, 0.15) is 17.2 Å². The molecule has 1 N–H and O–H groups in total. The summed E-state index contributed by atoms with van der Waals surface area (Å²) >= 11 is 1.52. The third kappa shape index (κ3) is 5.55. The molecule has 3 aromatic rings. The number of hydrogen-bond acceptors (Lipinski definition) is 3. The lowest BCUT2D eigenvalue weighted by Crippen LogP contribution is -2.33. The van der Waals surface area contributed by atoms with Crippen molar-refractivity contribution in [3.8, 4) is 0 Å². The number of thioether (sulfide) groups is 1. The molecule has 0 bridgehead atoms. The molecule has 1 aliphatic heterocycles. The summed E-state index contributed by atoms with van der Waals surface area (Å²) in [6.45, 7) is 2.32. The van der Waals surface area contributed by atoms with Crippen LogP contribution >= 0.6 is 11.8 Å². The number of rotatable bonds is 7. The first-order chi connectivity index (χ1) is 16.0. The number of nitrogens with one attached hydrogen (secondary N) is 1. The number of amides is 2. The molecule has 8 heteroatoms. The molecule has 0 atom stereocenters. The van der Waals surface area contributed by atoms with Gasteiger partial charge in [0, 0.05) is 48.2 Å². The van der Waals surface area contributed by atoms with Gasteiger partial charge < -0.3 is 14.8 Å². The molecule has 2 amide bonds. The lowest BCUT2D eigenvalue weighted by atomic mass is 10.2. The van der Waals surface area contributed by atoms with Gasteiger partial charge in [-0.2, -0.15) is 0 Å². The molecule has 0 saturated carbocycles. The van der Waals surface area contributed by atoms with Crippen molar-refractivity contribution in [1.29, 1.82) is 0 Å². The summed E-state index contributed by atoms with van der Waals surface area (Å²) in [6.07, 6.45) is 6.48. The van der Waals surface area contributed by atoms with Crippen molar-refractivity contribution < 1.29 is 18.4 Å². The molecule has 174 valence electrons. The Morgan fingerprint density at radius 2 is 1.64 bits per heavy atom. The van der Waals surface area contributed by atoms with Crippen LogP contribution in [-0.4, -0.2) is 46.7 Å². The van der Waals surface area contributed by atoms with Crippen LogP contribution in [0.3, 0.4) is 0 Å². The molecular weight excluding hydrogens is 444 g/mol. The summed E-state index contributed by atoms with van der Waals surface area (Å²) in [7, 11) is 0. The predicted octanol–water partition coefficient (Wildman–Crippen LogP) is 4.84. The highest BCUT2D eigenvalue weighted by molar-refractivity contribution is 8.00. The van der Waals surface area contributed by atoms with Gasteiger partial charge in [0.15, 0.2) is 0 Å². The monoisotopic (exact) mass is 471 g/mol. The fourth-order valence-corrected chi connectivity index (χ4v) is 5.15. The van der Waals surface area contributed by atoms with Gasteiger partial charge in [0.25, 0.3) is 5.91 Å². The van der Waals surface area contributed by atoms with E-state index in [0.717, 1.165) is 53.9 Å². The van der Waals surface area contributed by atoms with Crippen LogP contribution < -0.4 is 5.32 Å². The fourth-order valence-electron chi connectivity index (χ4n) is 4.16. The van der Waals surface area contributed by atoms with Gasteiger partial charge in [-0.1, -0.05) is 37.1 Å². The molecule has 1 aliphatic rings. The average Bonchev–Trinajstić information content (AvgIpc) is 2.97. The van der Waals surface area contributed by atoms with E-state index < -0.39 is 23.1 Å². The van der Waals surface area contributed by atoms with E-state index in [1.54, 1.807) is 0 Å². The molecule has 0 spiro atoms. The van der Waals surface area contributed by atoms with E-state index in [2.05, 4.69) is 5.32 Å². The summed E-state index contributed by atoms with van der Waals surface area (Å²) in [6, 6.07) is 11.2. The van der Waals surface area contributed by atoms with Crippen LogP contribution in [0.25, 0.3) is 10.9 Å². The van der Waals surface area contributed by atoms with Crippen LogP contribution in [-0.2, 0) is 11.3 Å². The number of carbonyl (C=O) groups is 2. The largest absolute Gasteiger partial charge is 0.350 e. The Kier molecular flexibility index (Phi) is 7.65. The van der Waals surface area contributed by atoms with Crippen molar-refractivity contribution in [1.82, 2.24) is 14.8 Å². The van der Waals surface area contributed by atoms with Crippen LogP contribution in [0.15, 0.2) is 53.6 Å². The zero-order chi connectivity index (χ0) is 23.2. The second kappa shape index (κ2) is 10.8. The zero-order valence-corrected chi connectivity index (χ0v) is 19.2. The Labute approximate surface area is 196 Å². The highest BCUT2D eigenvalue weighted by Gasteiger charge is 2.18. The quantitative estimate of drug-likeness (QED) is 0.502. The molecule has 1 fully saturated rings. The maximum Gasteiger partial charge on any atom is 0.257 e. The predicted molar refractivity (Wildman–Crippen MR) is 126 cm³/mol. The van der Waals surface area contributed by atoms with Crippen LogP contribution in [0, 0.1) is 11.6 Å². The van der Waals surface area contributed by atoms with Gasteiger partial charge >= 0.3 is 0 Å². The number of aromatic nitrogens is 1. The summed E-state index contributed by atoms with van der Waals surface area (Å²) in [5.41, 5.74) is 0.409. The molecule has 0 unspecified atom stereocenters. The van der Waals surface area contributed by atoms with Crippen molar-refractivity contribution >= 4 is 34.5 Å². The highest BCUT2D eigenvalue weighted by Crippen LogP contribution is 2.30. The molecule has 2 aromatic carbocycles. The standard InChI is InChI=1S/C25H27F2N3O2S/c26-19-9-7-10-20(27)24(19)25(32)28-12-15-30-16-22(18-8-3-4-11-21(18)30)33-17-23(31)29-13-5-1-2-6-14-29/h3-4,7-11,16H,1-2,5-6,12-15,17H2,(H,28,32). The first-order valence-corrected chi connectivity index (χ1v) is 12.2. The minimum Gasteiger partial charge on any atom is -0.350 e. The van der Waals surface area contributed by atoms with E-state index in [0.29, 0.717) is 12.3 Å². The van der Waals surface area contributed by atoms with Crippen LogP contribution in [0.2, 0.25) is 0 Å². The van der Waals surface area contributed by atoms with Gasteiger partial charge in [0.2, 0.25) is 5.91 Å². The zero-order valence-electron chi connectivity index (χ0n) is 18.4. The molecule has 1 saturated heterocycles. The molecule has 5 nitrogen and oxygen atoms in total. The SMILES string of the molecule is O=C(NCCn1cc(SCC(=O)N2CCCCCC2)c2ccccc21)c1c(F)cccc1F. The van der Waals surface area contributed by atoms with E-state index in [1.165, 1.54) is 30.7 Å². The topological polar surface area (TPSA) is 54.3 Å². The average molecular weight is 472 g/mol. The Morgan fingerprint density at radius 1 is 0.939 bits per heavy atom. The van der Waals surface area contributed by atoms with Crippen molar-refractivity contribution in [2.75, 3.05) is 25.4 Å². The van der Waals surface area contributed by atoms with Crippen LogP contribution in [0.1, 0.15) is 36.0 Å². The first kappa shape index (κ1) is 23.3. The number of hydrogen-bond donors (Lipinski definition) is 1. The maximum absolute atomic E-state index is 13.8. The minimum atomic E-state index is -0.883. The van der Waals surface area contributed by atoms with Gasteiger partial charge in [0.05, 0.1) is 5.75 Å². The first-order valence-electron chi connectivity index (χ1n) is 11.3. The van der Waals surface area contributed by atoms with Crippen molar-refractivity contribution in [3.05, 3.63) is 65.9 Å². The van der Waals surface area contributed by atoms with Crippen LogP contribution in [0.4, 0.5) is 8.78 Å². The van der Waals surface area contributed by atoms with Gasteiger partial charge in [-0.05, 0) is 31.0 Å². The summed E-state index contributed by atoms with van der Waals surface area (Å²) in [4.78, 5) is 27.9. The Balaban J connectivity index is 1.40. The van der Waals surface area contributed by atoms with Crippen molar-refractivity contribution in [3.63, 3.8) is 0 Å². The van der Waals surface area contributed by atoms with E-state index >= 15 is 0 Å². The van der Waals surface area contributed by atoms with E-state index in [1.807, 2.05) is 39.9 Å². The van der Waals surface area contributed by atoms with Crippen molar-refractivity contribution in [2.24, 2.45) is 0 Å². The third-order valence-corrected chi connectivity index (χ3v) is 6.92.